The molecule has 1 aliphatic heterocycles. The number of carbonyl (C=O) groups excluding carboxylic acids is 1. The van der Waals surface area contributed by atoms with Gasteiger partial charge in [-0.3, -0.25) is 4.79 Å². The van der Waals surface area contributed by atoms with Crippen LogP contribution >= 0.6 is 0 Å². The molecule has 1 saturated heterocycles. The number of aryl methyl sites for hydroxylation is 1. The van der Waals surface area contributed by atoms with Gasteiger partial charge in [-0.15, -0.1) is 5.10 Å². The molecule has 0 N–H and O–H groups in total. The molecule has 1 fully saturated rings. The maximum absolute atomic E-state index is 12.1. The Balaban J connectivity index is 1.93. The highest BCUT2D eigenvalue weighted by atomic mass is 16.2. The fourth-order valence-corrected chi connectivity index (χ4v) is 1.92. The van der Waals surface area contributed by atoms with E-state index in [1.165, 1.54) is 4.80 Å². The first-order valence-corrected chi connectivity index (χ1v) is 6.04. The van der Waals surface area contributed by atoms with Gasteiger partial charge in [0.15, 0.2) is 5.69 Å². The van der Waals surface area contributed by atoms with Gasteiger partial charge in [0.25, 0.3) is 5.91 Å². The average molecular weight is 242 g/mol. The Morgan fingerprint density at radius 2 is 1.89 bits per heavy atom. The minimum Gasteiger partial charge on any atom is -0.337 e. The first-order chi connectivity index (χ1) is 8.75. The summed E-state index contributed by atoms with van der Waals surface area (Å²) in [6.07, 6.45) is 1.08. The standard InChI is InChI=1S/C13H14N4O/c1-10-12(13(18)16-8-5-9-16)15-17(14-10)11-6-3-2-4-7-11/h2-4,6-7H,5,8-9H2,1H3. The summed E-state index contributed by atoms with van der Waals surface area (Å²) in [5.41, 5.74) is 2.00. The molecule has 5 heteroatoms. The summed E-state index contributed by atoms with van der Waals surface area (Å²) in [7, 11) is 0. The Labute approximate surface area is 105 Å². The molecule has 0 unspecified atom stereocenters. The molecular formula is C13H14N4O. The molecule has 1 aromatic carbocycles. The van der Waals surface area contributed by atoms with Gasteiger partial charge in [0.1, 0.15) is 0 Å². The van der Waals surface area contributed by atoms with Crippen molar-refractivity contribution in [2.45, 2.75) is 13.3 Å². The summed E-state index contributed by atoms with van der Waals surface area (Å²) in [6, 6.07) is 9.61. The normalized spacial score (nSPS) is 14.4. The van der Waals surface area contributed by atoms with Gasteiger partial charge in [0.05, 0.1) is 11.4 Å². The van der Waals surface area contributed by atoms with Crippen molar-refractivity contribution in [3.8, 4) is 5.69 Å². The van der Waals surface area contributed by atoms with Gasteiger partial charge in [-0.05, 0) is 25.5 Å². The fraction of sp³-hybridized carbons (Fsp3) is 0.308. The Bertz CT molecular complexity index is 572. The second-order valence-electron chi connectivity index (χ2n) is 4.40. The van der Waals surface area contributed by atoms with Crippen molar-refractivity contribution in [3.63, 3.8) is 0 Å². The third-order valence-corrected chi connectivity index (χ3v) is 3.12. The smallest absolute Gasteiger partial charge is 0.276 e. The number of amides is 1. The fourth-order valence-electron chi connectivity index (χ4n) is 1.92. The third kappa shape index (κ3) is 1.77. The zero-order valence-corrected chi connectivity index (χ0v) is 10.2. The van der Waals surface area contributed by atoms with Crippen molar-refractivity contribution in [1.29, 1.82) is 0 Å². The van der Waals surface area contributed by atoms with Gasteiger partial charge in [0, 0.05) is 13.1 Å². The van der Waals surface area contributed by atoms with Crippen LogP contribution in [0.5, 0.6) is 0 Å². The molecular weight excluding hydrogens is 228 g/mol. The maximum atomic E-state index is 12.1. The largest absolute Gasteiger partial charge is 0.337 e. The number of hydrogen-bond donors (Lipinski definition) is 0. The van der Waals surface area contributed by atoms with Gasteiger partial charge in [0.2, 0.25) is 0 Å². The number of nitrogens with zero attached hydrogens (tertiary/aromatic N) is 4. The number of benzene rings is 1. The predicted octanol–water partition coefficient (Wildman–Crippen LogP) is 1.42. The number of para-hydroxylation sites is 1. The second-order valence-corrected chi connectivity index (χ2v) is 4.40. The highest BCUT2D eigenvalue weighted by Crippen LogP contribution is 2.14. The lowest BCUT2D eigenvalue weighted by Crippen LogP contribution is -2.42. The predicted molar refractivity (Wildman–Crippen MR) is 66.6 cm³/mol. The van der Waals surface area contributed by atoms with E-state index in [0.29, 0.717) is 11.4 Å². The maximum Gasteiger partial charge on any atom is 0.276 e. The van der Waals surface area contributed by atoms with Crippen LogP contribution in [0.2, 0.25) is 0 Å². The van der Waals surface area contributed by atoms with Crippen LogP contribution in [0.3, 0.4) is 0 Å². The number of likely N-dealkylation sites (tertiary alicyclic amines) is 1. The first kappa shape index (κ1) is 11.0. The molecule has 0 spiro atoms. The second kappa shape index (κ2) is 4.25. The Morgan fingerprint density at radius 3 is 2.50 bits per heavy atom. The average Bonchev–Trinajstić information content (AvgIpc) is 2.70. The van der Waals surface area contributed by atoms with Gasteiger partial charge in [-0.1, -0.05) is 18.2 Å². The molecule has 2 aromatic rings. The van der Waals surface area contributed by atoms with E-state index in [-0.39, 0.29) is 5.91 Å². The molecule has 1 aromatic heterocycles. The number of carbonyl (C=O) groups is 1. The van der Waals surface area contributed by atoms with Gasteiger partial charge >= 0.3 is 0 Å². The van der Waals surface area contributed by atoms with Crippen LogP contribution in [0.15, 0.2) is 30.3 Å². The lowest BCUT2D eigenvalue weighted by molar-refractivity contribution is 0.0644. The topological polar surface area (TPSA) is 51.0 Å². The summed E-state index contributed by atoms with van der Waals surface area (Å²) < 4.78 is 0. The van der Waals surface area contributed by atoms with E-state index in [1.807, 2.05) is 37.3 Å². The van der Waals surface area contributed by atoms with Crippen LogP contribution in [0.4, 0.5) is 0 Å². The zero-order valence-electron chi connectivity index (χ0n) is 10.2. The van der Waals surface area contributed by atoms with E-state index >= 15 is 0 Å². The zero-order chi connectivity index (χ0) is 12.5. The molecule has 5 nitrogen and oxygen atoms in total. The molecule has 3 rings (SSSR count). The molecule has 1 aliphatic rings. The van der Waals surface area contributed by atoms with E-state index in [4.69, 9.17) is 0 Å². The quantitative estimate of drug-likeness (QED) is 0.800. The summed E-state index contributed by atoms with van der Waals surface area (Å²) in [6.45, 7) is 3.48. The lowest BCUT2D eigenvalue weighted by atomic mass is 10.2. The highest BCUT2D eigenvalue weighted by molar-refractivity contribution is 5.93. The number of hydrogen-bond acceptors (Lipinski definition) is 3. The first-order valence-electron chi connectivity index (χ1n) is 6.04. The van der Waals surface area contributed by atoms with Gasteiger partial charge in [-0.25, -0.2) is 0 Å². The van der Waals surface area contributed by atoms with Crippen LogP contribution in [0.25, 0.3) is 5.69 Å². The molecule has 0 saturated carbocycles. The van der Waals surface area contributed by atoms with Gasteiger partial charge in [-0.2, -0.15) is 9.90 Å². The molecule has 0 bridgehead atoms. The van der Waals surface area contributed by atoms with E-state index in [9.17, 15) is 4.79 Å². The Hall–Kier alpha value is -2.17. The summed E-state index contributed by atoms with van der Waals surface area (Å²) >= 11 is 0. The SMILES string of the molecule is Cc1nn(-c2ccccc2)nc1C(=O)N1CCC1. The van der Waals surface area contributed by atoms with E-state index in [2.05, 4.69) is 10.2 Å². The van der Waals surface area contributed by atoms with Crippen LogP contribution in [-0.4, -0.2) is 38.9 Å². The summed E-state index contributed by atoms with van der Waals surface area (Å²) in [5, 5.41) is 8.60. The van der Waals surface area contributed by atoms with Crippen molar-refractivity contribution in [1.82, 2.24) is 19.9 Å². The molecule has 0 atom stereocenters. The number of rotatable bonds is 2. The van der Waals surface area contributed by atoms with E-state index < -0.39 is 0 Å². The van der Waals surface area contributed by atoms with Crippen LogP contribution < -0.4 is 0 Å². The van der Waals surface area contributed by atoms with Crippen molar-refractivity contribution < 1.29 is 4.79 Å². The van der Waals surface area contributed by atoms with E-state index in [1.54, 1.807) is 4.90 Å². The highest BCUT2D eigenvalue weighted by Gasteiger charge is 2.26. The van der Waals surface area contributed by atoms with Crippen LogP contribution in [0, 0.1) is 6.92 Å². The lowest BCUT2D eigenvalue weighted by Gasteiger charge is -2.30. The van der Waals surface area contributed by atoms with Gasteiger partial charge < -0.3 is 4.90 Å². The van der Waals surface area contributed by atoms with Crippen molar-refractivity contribution in [3.05, 3.63) is 41.7 Å². The van der Waals surface area contributed by atoms with Crippen LogP contribution in [0.1, 0.15) is 22.6 Å². The molecule has 2 heterocycles. The summed E-state index contributed by atoms with van der Waals surface area (Å²) in [4.78, 5) is 15.4. The molecule has 0 radical (unpaired) electrons. The molecule has 1 amide bonds. The monoisotopic (exact) mass is 242 g/mol. The molecule has 92 valence electrons. The van der Waals surface area contributed by atoms with E-state index in [0.717, 1.165) is 25.2 Å². The van der Waals surface area contributed by atoms with Crippen molar-refractivity contribution in [2.24, 2.45) is 0 Å². The Morgan fingerprint density at radius 1 is 1.17 bits per heavy atom. The summed E-state index contributed by atoms with van der Waals surface area (Å²) in [5.74, 6) is -0.0130. The van der Waals surface area contributed by atoms with Crippen molar-refractivity contribution in [2.75, 3.05) is 13.1 Å². The van der Waals surface area contributed by atoms with Crippen LogP contribution in [-0.2, 0) is 0 Å². The van der Waals surface area contributed by atoms with Crippen molar-refractivity contribution >= 4 is 5.91 Å². The molecule has 18 heavy (non-hydrogen) atoms. The number of aromatic nitrogens is 3. The third-order valence-electron chi connectivity index (χ3n) is 3.12. The minimum absolute atomic E-state index is 0.0130. The minimum atomic E-state index is -0.0130. The Kier molecular flexibility index (Phi) is 2.59. The molecule has 0 aliphatic carbocycles.